The Labute approximate surface area is 193 Å². The van der Waals surface area contributed by atoms with Crippen molar-refractivity contribution in [2.45, 2.75) is 136 Å². The van der Waals surface area contributed by atoms with E-state index in [1.165, 1.54) is 89.9 Å². The molecule has 3 atom stereocenters. The van der Waals surface area contributed by atoms with E-state index in [1.54, 1.807) is 6.92 Å². The molecule has 4 heteroatoms. The predicted molar refractivity (Wildman–Crippen MR) is 134 cm³/mol. The zero-order valence-corrected chi connectivity index (χ0v) is 21.1. The number of rotatable bonds is 19. The molecule has 0 spiro atoms. The van der Waals surface area contributed by atoms with Crippen molar-refractivity contribution < 1.29 is 9.28 Å². The summed E-state index contributed by atoms with van der Waals surface area (Å²) in [4.78, 5) is 11.5. The first-order valence-corrected chi connectivity index (χ1v) is 13.3. The van der Waals surface area contributed by atoms with E-state index in [1.807, 2.05) is 0 Å². The average Bonchev–Trinajstić information content (AvgIpc) is 3.17. The number of carbonyl (C=O) groups excluding carboxylic acids is 1. The first-order valence-electron chi connectivity index (χ1n) is 13.3. The lowest BCUT2D eigenvalue weighted by atomic mass is 10.1. The van der Waals surface area contributed by atoms with Gasteiger partial charge in [-0.25, -0.2) is 0 Å². The van der Waals surface area contributed by atoms with Gasteiger partial charge in [0.05, 0.1) is 12.7 Å². The normalized spacial score (nSPS) is 21.5. The van der Waals surface area contributed by atoms with Crippen LogP contribution in [0.15, 0.2) is 24.6 Å². The standard InChI is InChI=1S/C27H51N3O/c1-5-7-8-9-10-11-12-13-14-15-16-17-18-19-20-21-22-27-28-23-24-30(27,6-2)25(3)29-26(4)31/h15-16,23-25,27-28H,5-14,17-22H2,1-4H3/p+1/b16-15+. The van der Waals surface area contributed by atoms with Crippen LogP contribution < -0.4 is 10.6 Å². The smallest absolute Gasteiger partial charge is 0.221 e. The van der Waals surface area contributed by atoms with Crippen molar-refractivity contribution in [1.29, 1.82) is 0 Å². The molecule has 4 nitrogen and oxygen atoms in total. The van der Waals surface area contributed by atoms with Gasteiger partial charge >= 0.3 is 0 Å². The summed E-state index contributed by atoms with van der Waals surface area (Å²) in [7, 11) is 0. The lowest BCUT2D eigenvalue weighted by Crippen LogP contribution is -2.62. The van der Waals surface area contributed by atoms with Gasteiger partial charge in [-0.1, -0.05) is 76.9 Å². The van der Waals surface area contributed by atoms with Crippen molar-refractivity contribution in [2.24, 2.45) is 0 Å². The van der Waals surface area contributed by atoms with Crippen LogP contribution in [-0.4, -0.2) is 29.3 Å². The zero-order chi connectivity index (χ0) is 22.8. The minimum absolute atomic E-state index is 0.0490. The van der Waals surface area contributed by atoms with Crippen LogP contribution in [-0.2, 0) is 4.79 Å². The molecule has 180 valence electrons. The molecule has 0 fully saturated rings. The van der Waals surface area contributed by atoms with Crippen LogP contribution in [0.4, 0.5) is 0 Å². The summed E-state index contributed by atoms with van der Waals surface area (Å²) in [5, 5.41) is 6.63. The van der Waals surface area contributed by atoms with Crippen molar-refractivity contribution in [3.63, 3.8) is 0 Å². The highest BCUT2D eigenvalue weighted by Gasteiger charge is 2.41. The Kier molecular flexibility index (Phi) is 15.5. The van der Waals surface area contributed by atoms with Gasteiger partial charge in [0.2, 0.25) is 5.91 Å². The van der Waals surface area contributed by atoms with Crippen LogP contribution in [0.5, 0.6) is 0 Å². The molecule has 1 rings (SSSR count). The summed E-state index contributed by atoms with van der Waals surface area (Å²) >= 11 is 0. The third kappa shape index (κ3) is 11.2. The number of allylic oxidation sites excluding steroid dienone is 2. The predicted octanol–water partition coefficient (Wildman–Crippen LogP) is 7.13. The second kappa shape index (κ2) is 17.3. The maximum absolute atomic E-state index is 11.5. The van der Waals surface area contributed by atoms with Crippen LogP contribution in [0.3, 0.4) is 0 Å². The fourth-order valence-corrected chi connectivity index (χ4v) is 4.86. The molecule has 1 aliphatic heterocycles. The van der Waals surface area contributed by atoms with Gasteiger partial charge in [0.1, 0.15) is 6.20 Å². The highest BCUT2D eigenvalue weighted by molar-refractivity contribution is 5.72. The molecular formula is C27H52N3O+. The molecule has 0 radical (unpaired) electrons. The maximum atomic E-state index is 11.5. The van der Waals surface area contributed by atoms with Crippen LogP contribution in [0, 0.1) is 0 Å². The van der Waals surface area contributed by atoms with Crippen molar-refractivity contribution in [1.82, 2.24) is 10.6 Å². The second-order valence-electron chi connectivity index (χ2n) is 9.41. The number of hydrogen-bond acceptors (Lipinski definition) is 2. The Hall–Kier alpha value is -1.29. The van der Waals surface area contributed by atoms with Crippen molar-refractivity contribution >= 4 is 5.91 Å². The molecule has 0 aromatic rings. The van der Waals surface area contributed by atoms with Crippen LogP contribution in [0.1, 0.15) is 124 Å². The molecule has 2 N–H and O–H groups in total. The first-order chi connectivity index (χ1) is 15.1. The minimum Gasteiger partial charge on any atom is -0.338 e. The maximum Gasteiger partial charge on any atom is 0.221 e. The van der Waals surface area contributed by atoms with E-state index in [2.05, 4.69) is 56.0 Å². The summed E-state index contributed by atoms with van der Waals surface area (Å²) in [5.41, 5.74) is 0. The molecule has 0 bridgehead atoms. The molecular weight excluding hydrogens is 382 g/mol. The van der Waals surface area contributed by atoms with Gasteiger partial charge in [-0.2, -0.15) is 0 Å². The monoisotopic (exact) mass is 434 g/mol. The number of nitrogens with one attached hydrogen (secondary N) is 2. The van der Waals surface area contributed by atoms with Crippen LogP contribution in [0.2, 0.25) is 0 Å². The van der Waals surface area contributed by atoms with Gasteiger partial charge in [-0.15, -0.1) is 0 Å². The molecule has 1 aliphatic rings. The van der Waals surface area contributed by atoms with Crippen molar-refractivity contribution in [3.05, 3.63) is 24.6 Å². The fourth-order valence-electron chi connectivity index (χ4n) is 4.86. The van der Waals surface area contributed by atoms with Crippen molar-refractivity contribution in [3.8, 4) is 0 Å². The zero-order valence-electron chi connectivity index (χ0n) is 21.1. The average molecular weight is 435 g/mol. The van der Waals surface area contributed by atoms with Gasteiger partial charge in [-0.3, -0.25) is 9.28 Å². The summed E-state index contributed by atoms with van der Waals surface area (Å²) in [5.74, 6) is 0.0490. The number of hydrogen-bond donors (Lipinski definition) is 2. The number of amides is 1. The highest BCUT2D eigenvalue weighted by Crippen LogP contribution is 2.26. The second-order valence-corrected chi connectivity index (χ2v) is 9.41. The van der Waals surface area contributed by atoms with Gasteiger partial charge in [0, 0.05) is 20.3 Å². The molecule has 0 saturated heterocycles. The number of nitrogens with zero attached hydrogens (tertiary/aromatic N) is 1. The molecule has 31 heavy (non-hydrogen) atoms. The quantitative estimate of drug-likeness (QED) is 0.129. The molecule has 1 amide bonds. The Bertz CT molecular complexity index is 517. The molecule has 3 unspecified atom stereocenters. The number of quaternary nitrogens is 1. The summed E-state index contributed by atoms with van der Waals surface area (Å²) in [6.07, 6.45) is 29.6. The molecule has 0 aliphatic carbocycles. The summed E-state index contributed by atoms with van der Waals surface area (Å²) < 4.78 is 0.807. The Morgan fingerprint density at radius 2 is 1.48 bits per heavy atom. The van der Waals surface area contributed by atoms with Gasteiger partial charge in [0.15, 0.2) is 12.3 Å². The van der Waals surface area contributed by atoms with E-state index in [0.717, 1.165) is 17.4 Å². The van der Waals surface area contributed by atoms with E-state index in [9.17, 15) is 4.79 Å². The summed E-state index contributed by atoms with van der Waals surface area (Å²) in [6.45, 7) is 9.21. The van der Waals surface area contributed by atoms with Gasteiger partial charge in [0.25, 0.3) is 0 Å². The SMILES string of the molecule is CCCCCCCCCC/C=C/CCCCCCC1NC=C[N+]1(CC)C(C)NC(C)=O. The number of carbonyl (C=O) groups is 1. The molecule has 1 heterocycles. The lowest BCUT2D eigenvalue weighted by molar-refractivity contribution is -0.923. The van der Waals surface area contributed by atoms with Crippen LogP contribution >= 0.6 is 0 Å². The Morgan fingerprint density at radius 1 is 0.935 bits per heavy atom. The topological polar surface area (TPSA) is 41.1 Å². The molecule has 0 saturated carbocycles. The van der Waals surface area contributed by atoms with E-state index in [4.69, 9.17) is 0 Å². The van der Waals surface area contributed by atoms with E-state index in [0.29, 0.717) is 6.17 Å². The van der Waals surface area contributed by atoms with E-state index < -0.39 is 0 Å². The largest absolute Gasteiger partial charge is 0.338 e. The molecule has 0 aromatic heterocycles. The number of unbranched alkanes of at least 4 members (excludes halogenated alkanes) is 12. The van der Waals surface area contributed by atoms with E-state index in [-0.39, 0.29) is 12.1 Å². The fraction of sp³-hybridized carbons (Fsp3) is 0.815. The third-order valence-corrected chi connectivity index (χ3v) is 6.89. The highest BCUT2D eigenvalue weighted by atomic mass is 16.1. The van der Waals surface area contributed by atoms with Crippen LogP contribution in [0.25, 0.3) is 0 Å². The lowest BCUT2D eigenvalue weighted by Gasteiger charge is -2.41. The first kappa shape index (κ1) is 27.7. The Morgan fingerprint density at radius 3 is 2.03 bits per heavy atom. The third-order valence-electron chi connectivity index (χ3n) is 6.89. The van der Waals surface area contributed by atoms with Crippen molar-refractivity contribution in [2.75, 3.05) is 6.54 Å². The Balaban J connectivity index is 2.04. The van der Waals surface area contributed by atoms with E-state index >= 15 is 0 Å². The van der Waals surface area contributed by atoms with Gasteiger partial charge < -0.3 is 10.6 Å². The minimum atomic E-state index is 0.0490. The molecule has 0 aromatic carbocycles. The summed E-state index contributed by atoms with van der Waals surface area (Å²) in [6, 6.07) is 0. The van der Waals surface area contributed by atoms with Gasteiger partial charge in [-0.05, 0) is 39.0 Å².